The Morgan fingerprint density at radius 3 is 2.74 bits per heavy atom. The fourth-order valence-corrected chi connectivity index (χ4v) is 1.87. The number of anilines is 1. The van der Waals surface area contributed by atoms with E-state index < -0.39 is 0 Å². The molecule has 0 fully saturated rings. The second kappa shape index (κ2) is 8.93. The Kier molecular flexibility index (Phi) is 7.52. The maximum Gasteiger partial charge on any atom is 0.203 e. The van der Waals surface area contributed by atoms with Gasteiger partial charge in [-0.25, -0.2) is 4.98 Å². The Bertz CT molecular complexity index is 352. The van der Waals surface area contributed by atoms with E-state index in [9.17, 15) is 0 Å². The molecule has 1 aromatic heterocycles. The summed E-state index contributed by atoms with van der Waals surface area (Å²) in [4.78, 5) is 4.51. The first-order valence-electron chi connectivity index (χ1n) is 7.13. The normalized spacial score (nSPS) is 12.6. The van der Waals surface area contributed by atoms with Gasteiger partial charge in [0.15, 0.2) is 0 Å². The van der Waals surface area contributed by atoms with Crippen LogP contribution in [-0.2, 0) is 16.0 Å². The summed E-state index contributed by atoms with van der Waals surface area (Å²) in [6, 6.07) is 0.257. The van der Waals surface area contributed by atoms with Crippen LogP contribution in [0.4, 0.5) is 5.95 Å². The molecule has 5 heteroatoms. The van der Waals surface area contributed by atoms with Crippen molar-refractivity contribution in [1.82, 2.24) is 9.55 Å². The summed E-state index contributed by atoms with van der Waals surface area (Å²) in [6.07, 6.45) is 3.07. The van der Waals surface area contributed by atoms with Crippen LogP contribution in [0.3, 0.4) is 0 Å². The molecule has 1 aromatic rings. The van der Waals surface area contributed by atoms with E-state index in [2.05, 4.69) is 28.0 Å². The van der Waals surface area contributed by atoms with Crippen LogP contribution in [0.2, 0.25) is 0 Å². The maximum absolute atomic E-state index is 5.41. The van der Waals surface area contributed by atoms with Crippen molar-refractivity contribution in [3.8, 4) is 0 Å². The van der Waals surface area contributed by atoms with Crippen LogP contribution in [0.25, 0.3) is 0 Å². The van der Waals surface area contributed by atoms with Gasteiger partial charge >= 0.3 is 0 Å². The number of aryl methyl sites for hydroxylation is 2. The first-order valence-corrected chi connectivity index (χ1v) is 7.13. The fourth-order valence-electron chi connectivity index (χ4n) is 1.87. The number of ether oxygens (including phenoxy) is 2. The van der Waals surface area contributed by atoms with Gasteiger partial charge in [-0.2, -0.15) is 0 Å². The molecule has 1 N–H and O–H groups in total. The molecule has 0 saturated carbocycles. The van der Waals surface area contributed by atoms with Gasteiger partial charge in [0.25, 0.3) is 0 Å². The molecule has 0 aliphatic carbocycles. The highest BCUT2D eigenvalue weighted by Crippen LogP contribution is 2.11. The predicted molar refractivity (Wildman–Crippen MR) is 77.7 cm³/mol. The second-order valence-electron chi connectivity index (χ2n) is 4.65. The van der Waals surface area contributed by atoms with Crippen LogP contribution in [0.5, 0.6) is 0 Å². The summed E-state index contributed by atoms with van der Waals surface area (Å²) in [5.41, 5.74) is 1.03. The van der Waals surface area contributed by atoms with Gasteiger partial charge in [-0.05, 0) is 34.1 Å². The lowest BCUT2D eigenvalue weighted by molar-refractivity contribution is 0.140. The summed E-state index contributed by atoms with van der Waals surface area (Å²) in [6.45, 7) is 12.1. The number of nitrogens with one attached hydrogen (secondary N) is 1. The number of aromatic nitrogens is 2. The van der Waals surface area contributed by atoms with Gasteiger partial charge in [0, 0.05) is 38.6 Å². The Morgan fingerprint density at radius 2 is 2.05 bits per heavy atom. The van der Waals surface area contributed by atoms with Crippen LogP contribution < -0.4 is 5.32 Å². The maximum atomic E-state index is 5.41. The van der Waals surface area contributed by atoms with E-state index >= 15 is 0 Å². The molecule has 0 saturated heterocycles. The molecule has 1 unspecified atom stereocenters. The molecule has 1 heterocycles. The highest BCUT2D eigenvalue weighted by atomic mass is 16.5. The molecule has 1 rings (SSSR count). The van der Waals surface area contributed by atoms with Crippen molar-refractivity contribution >= 4 is 5.95 Å². The number of nitrogens with zero attached hydrogens (tertiary/aromatic N) is 2. The van der Waals surface area contributed by atoms with Gasteiger partial charge in [-0.1, -0.05) is 0 Å². The highest BCUT2D eigenvalue weighted by Gasteiger charge is 2.09. The Hall–Kier alpha value is -1.07. The fraction of sp³-hybridized carbons (Fsp3) is 0.786. The third kappa shape index (κ3) is 6.07. The number of hydrogen-bond donors (Lipinski definition) is 1. The molecule has 0 spiro atoms. The molecule has 0 radical (unpaired) electrons. The van der Waals surface area contributed by atoms with Crippen LogP contribution in [0, 0.1) is 6.92 Å². The SMILES string of the molecule is CCOCCCn1cc(C)nc1NC(C)COCC. The van der Waals surface area contributed by atoms with Gasteiger partial charge in [0.05, 0.1) is 12.3 Å². The molecular formula is C14H27N3O2. The van der Waals surface area contributed by atoms with E-state index in [4.69, 9.17) is 9.47 Å². The number of rotatable bonds is 10. The van der Waals surface area contributed by atoms with E-state index in [1.54, 1.807) is 0 Å². The first-order chi connectivity index (χ1) is 9.17. The summed E-state index contributed by atoms with van der Waals surface area (Å²) < 4.78 is 12.9. The standard InChI is InChI=1S/C14H27N3O2/c1-5-18-9-7-8-17-10-12(3)15-14(17)16-13(4)11-19-6-2/h10,13H,5-9,11H2,1-4H3,(H,15,16). The van der Waals surface area contributed by atoms with Crippen molar-refractivity contribution in [3.05, 3.63) is 11.9 Å². The predicted octanol–water partition coefficient (Wildman–Crippen LogP) is 2.46. The third-order valence-corrected chi connectivity index (χ3v) is 2.74. The minimum Gasteiger partial charge on any atom is -0.382 e. The summed E-state index contributed by atoms with van der Waals surface area (Å²) in [5.74, 6) is 0.918. The van der Waals surface area contributed by atoms with E-state index in [0.29, 0.717) is 6.61 Å². The molecule has 110 valence electrons. The lowest BCUT2D eigenvalue weighted by atomic mass is 10.4. The molecule has 0 bridgehead atoms. The zero-order chi connectivity index (χ0) is 14.1. The smallest absolute Gasteiger partial charge is 0.203 e. The summed E-state index contributed by atoms with van der Waals surface area (Å²) in [7, 11) is 0. The van der Waals surface area contributed by atoms with Crippen LogP contribution in [0.15, 0.2) is 6.20 Å². The summed E-state index contributed by atoms with van der Waals surface area (Å²) >= 11 is 0. The minimum atomic E-state index is 0.257. The van der Waals surface area contributed by atoms with Crippen LogP contribution in [0.1, 0.15) is 32.9 Å². The molecule has 19 heavy (non-hydrogen) atoms. The van der Waals surface area contributed by atoms with E-state index in [-0.39, 0.29) is 6.04 Å². The molecule has 5 nitrogen and oxygen atoms in total. The summed E-state index contributed by atoms with van der Waals surface area (Å²) in [5, 5.41) is 3.39. The van der Waals surface area contributed by atoms with Gasteiger partial charge in [-0.3, -0.25) is 0 Å². The van der Waals surface area contributed by atoms with E-state index in [1.165, 1.54) is 0 Å². The largest absolute Gasteiger partial charge is 0.382 e. The number of hydrogen-bond acceptors (Lipinski definition) is 4. The zero-order valence-corrected chi connectivity index (χ0v) is 12.6. The first kappa shape index (κ1) is 16.0. The van der Waals surface area contributed by atoms with E-state index in [0.717, 1.165) is 44.4 Å². The topological polar surface area (TPSA) is 48.3 Å². The van der Waals surface area contributed by atoms with Crippen molar-refractivity contribution in [2.24, 2.45) is 0 Å². The lowest BCUT2D eigenvalue weighted by Crippen LogP contribution is -2.24. The number of imidazole rings is 1. The molecule has 0 aliphatic heterocycles. The molecule has 0 aliphatic rings. The van der Waals surface area contributed by atoms with Crippen molar-refractivity contribution in [1.29, 1.82) is 0 Å². The minimum absolute atomic E-state index is 0.257. The van der Waals surface area contributed by atoms with Crippen molar-refractivity contribution in [2.75, 3.05) is 31.7 Å². The average Bonchev–Trinajstić information content (AvgIpc) is 2.72. The van der Waals surface area contributed by atoms with Gasteiger partial charge in [-0.15, -0.1) is 0 Å². The second-order valence-corrected chi connectivity index (χ2v) is 4.65. The van der Waals surface area contributed by atoms with Gasteiger partial charge in [0.2, 0.25) is 5.95 Å². The third-order valence-electron chi connectivity index (χ3n) is 2.74. The lowest BCUT2D eigenvalue weighted by Gasteiger charge is -2.15. The highest BCUT2D eigenvalue weighted by molar-refractivity contribution is 5.30. The molecule has 0 aromatic carbocycles. The van der Waals surface area contributed by atoms with Crippen molar-refractivity contribution in [3.63, 3.8) is 0 Å². The molecular weight excluding hydrogens is 242 g/mol. The van der Waals surface area contributed by atoms with Crippen molar-refractivity contribution in [2.45, 2.75) is 46.7 Å². The van der Waals surface area contributed by atoms with Crippen LogP contribution >= 0.6 is 0 Å². The van der Waals surface area contributed by atoms with Crippen molar-refractivity contribution < 1.29 is 9.47 Å². The van der Waals surface area contributed by atoms with E-state index in [1.807, 2.05) is 20.8 Å². The Labute approximate surface area is 116 Å². The van der Waals surface area contributed by atoms with Gasteiger partial charge < -0.3 is 19.4 Å². The molecule has 0 amide bonds. The zero-order valence-electron chi connectivity index (χ0n) is 12.6. The Morgan fingerprint density at radius 1 is 1.32 bits per heavy atom. The quantitative estimate of drug-likeness (QED) is 0.663. The van der Waals surface area contributed by atoms with Crippen LogP contribution in [-0.4, -0.2) is 42.0 Å². The Balaban J connectivity index is 2.47. The monoisotopic (exact) mass is 269 g/mol. The van der Waals surface area contributed by atoms with Gasteiger partial charge in [0.1, 0.15) is 0 Å². The molecule has 1 atom stereocenters. The average molecular weight is 269 g/mol.